The maximum atomic E-state index is 12.3. The van der Waals surface area contributed by atoms with Gasteiger partial charge in [0.25, 0.3) is 0 Å². The van der Waals surface area contributed by atoms with Gasteiger partial charge in [0, 0.05) is 16.7 Å². The lowest BCUT2D eigenvalue weighted by Gasteiger charge is -2.11. The molecule has 1 amide bonds. The van der Waals surface area contributed by atoms with E-state index < -0.39 is 0 Å². The van der Waals surface area contributed by atoms with E-state index in [2.05, 4.69) is 15.5 Å². The van der Waals surface area contributed by atoms with Gasteiger partial charge in [-0.1, -0.05) is 35.5 Å². The quantitative estimate of drug-likeness (QED) is 0.448. The zero-order valence-corrected chi connectivity index (χ0v) is 16.8. The van der Waals surface area contributed by atoms with E-state index in [1.54, 1.807) is 43.5 Å². The molecule has 0 radical (unpaired) electrons. The summed E-state index contributed by atoms with van der Waals surface area (Å²) in [6.45, 7) is 0. The summed E-state index contributed by atoms with van der Waals surface area (Å²) >= 11 is 7.17. The molecule has 3 aromatic rings. The second-order valence-electron chi connectivity index (χ2n) is 5.59. The Morgan fingerprint density at radius 3 is 2.75 bits per heavy atom. The summed E-state index contributed by atoms with van der Waals surface area (Å²) in [5, 5.41) is 11.9. The van der Waals surface area contributed by atoms with Crippen LogP contribution in [0.3, 0.4) is 0 Å². The van der Waals surface area contributed by atoms with Gasteiger partial charge in [0.1, 0.15) is 11.5 Å². The van der Waals surface area contributed by atoms with Gasteiger partial charge < -0.3 is 20.6 Å². The van der Waals surface area contributed by atoms with Gasteiger partial charge in [-0.25, -0.2) is 4.68 Å². The van der Waals surface area contributed by atoms with Crippen LogP contribution < -0.4 is 20.6 Å². The van der Waals surface area contributed by atoms with Crippen LogP contribution in [0.25, 0.3) is 11.4 Å². The van der Waals surface area contributed by atoms with Crippen molar-refractivity contribution in [1.29, 1.82) is 0 Å². The number of benzene rings is 2. The zero-order valence-electron chi connectivity index (χ0n) is 15.2. The number of nitrogen functional groups attached to an aromatic ring is 1. The average Bonchev–Trinajstić information content (AvgIpc) is 3.06. The largest absolute Gasteiger partial charge is 0.497 e. The van der Waals surface area contributed by atoms with Crippen LogP contribution in [0.4, 0.5) is 5.69 Å². The molecule has 0 aliphatic heterocycles. The molecule has 0 saturated carbocycles. The van der Waals surface area contributed by atoms with Crippen LogP contribution in [-0.2, 0) is 4.79 Å². The predicted molar refractivity (Wildman–Crippen MR) is 110 cm³/mol. The highest BCUT2D eigenvalue weighted by atomic mass is 35.5. The Bertz CT molecular complexity index is 995. The Balaban J connectivity index is 1.67. The van der Waals surface area contributed by atoms with Crippen molar-refractivity contribution in [2.24, 2.45) is 0 Å². The summed E-state index contributed by atoms with van der Waals surface area (Å²) in [5.74, 6) is 7.51. The highest BCUT2D eigenvalue weighted by Gasteiger charge is 2.15. The molecule has 10 heteroatoms. The molecule has 2 aromatic carbocycles. The summed E-state index contributed by atoms with van der Waals surface area (Å²) in [4.78, 5) is 12.3. The van der Waals surface area contributed by atoms with E-state index in [-0.39, 0.29) is 11.7 Å². The third kappa shape index (κ3) is 4.49. The lowest BCUT2D eigenvalue weighted by molar-refractivity contribution is -0.113. The Kier molecular flexibility index (Phi) is 6.27. The summed E-state index contributed by atoms with van der Waals surface area (Å²) < 4.78 is 11.8. The Morgan fingerprint density at radius 1 is 1.21 bits per heavy atom. The molecular formula is C18H18ClN5O3S. The lowest BCUT2D eigenvalue weighted by Crippen LogP contribution is -2.17. The summed E-state index contributed by atoms with van der Waals surface area (Å²) in [6, 6.07) is 12.3. The van der Waals surface area contributed by atoms with Crippen LogP contribution in [0.15, 0.2) is 47.6 Å². The van der Waals surface area contributed by atoms with Crippen molar-refractivity contribution in [3.05, 3.63) is 47.5 Å². The van der Waals surface area contributed by atoms with Crippen molar-refractivity contribution < 1.29 is 14.3 Å². The molecule has 0 atom stereocenters. The van der Waals surface area contributed by atoms with Gasteiger partial charge in [-0.2, -0.15) is 0 Å². The van der Waals surface area contributed by atoms with E-state index in [9.17, 15) is 4.79 Å². The minimum atomic E-state index is -0.246. The third-order valence-corrected chi connectivity index (χ3v) is 4.94. The minimum Gasteiger partial charge on any atom is -0.497 e. The Morgan fingerprint density at radius 2 is 2.04 bits per heavy atom. The molecule has 0 aliphatic rings. The molecule has 0 unspecified atom stereocenters. The zero-order chi connectivity index (χ0) is 20.1. The number of amides is 1. The molecule has 0 aliphatic carbocycles. The maximum Gasteiger partial charge on any atom is 0.234 e. The number of carbonyl (C=O) groups excluding carboxylic acids is 1. The van der Waals surface area contributed by atoms with E-state index >= 15 is 0 Å². The van der Waals surface area contributed by atoms with Crippen molar-refractivity contribution in [3.8, 4) is 22.9 Å². The minimum absolute atomic E-state index is 0.0885. The molecule has 0 bridgehead atoms. The molecule has 0 saturated heterocycles. The molecule has 3 rings (SSSR count). The number of anilines is 1. The number of methoxy groups -OCH3 is 2. The lowest BCUT2D eigenvalue weighted by atomic mass is 10.2. The molecule has 28 heavy (non-hydrogen) atoms. The van der Waals surface area contributed by atoms with Gasteiger partial charge in [0.2, 0.25) is 11.1 Å². The van der Waals surface area contributed by atoms with E-state index in [1.165, 1.54) is 11.8 Å². The first-order chi connectivity index (χ1) is 13.5. The van der Waals surface area contributed by atoms with Crippen LogP contribution in [0.1, 0.15) is 0 Å². The standard InChI is InChI=1S/C18H18ClN5O3S/c1-26-13-6-7-15(27-2)14(9-13)21-16(25)10-28-18-23-22-17(24(18)20)11-4-3-5-12(19)8-11/h3-9H,10,20H2,1-2H3,(H,21,25). The summed E-state index contributed by atoms with van der Waals surface area (Å²) in [7, 11) is 3.08. The van der Waals surface area contributed by atoms with Crippen molar-refractivity contribution in [2.45, 2.75) is 5.16 Å². The van der Waals surface area contributed by atoms with Crippen molar-refractivity contribution in [1.82, 2.24) is 14.9 Å². The number of ether oxygens (including phenoxy) is 2. The van der Waals surface area contributed by atoms with Crippen molar-refractivity contribution in [3.63, 3.8) is 0 Å². The number of thioether (sulfide) groups is 1. The van der Waals surface area contributed by atoms with Gasteiger partial charge in [0.15, 0.2) is 5.82 Å². The fourth-order valence-electron chi connectivity index (χ4n) is 2.43. The van der Waals surface area contributed by atoms with Crippen LogP contribution in [-0.4, -0.2) is 40.8 Å². The molecule has 3 N–H and O–H groups in total. The number of nitrogens with one attached hydrogen (secondary N) is 1. The first kappa shape index (κ1) is 19.8. The van der Waals surface area contributed by atoms with E-state index in [1.807, 2.05) is 6.07 Å². The first-order valence-electron chi connectivity index (χ1n) is 8.13. The van der Waals surface area contributed by atoms with Gasteiger partial charge in [-0.15, -0.1) is 10.2 Å². The number of aromatic nitrogens is 3. The Labute approximate surface area is 171 Å². The first-order valence-corrected chi connectivity index (χ1v) is 9.49. The van der Waals surface area contributed by atoms with Gasteiger partial charge in [-0.3, -0.25) is 4.79 Å². The van der Waals surface area contributed by atoms with Crippen LogP contribution in [0, 0.1) is 0 Å². The third-order valence-electron chi connectivity index (χ3n) is 3.76. The number of carbonyl (C=O) groups is 1. The molecule has 1 aromatic heterocycles. The fourth-order valence-corrected chi connectivity index (χ4v) is 3.27. The number of rotatable bonds is 7. The molecule has 146 valence electrons. The number of halogens is 1. The maximum absolute atomic E-state index is 12.3. The highest BCUT2D eigenvalue weighted by molar-refractivity contribution is 7.99. The monoisotopic (exact) mass is 419 g/mol. The molecule has 1 heterocycles. The van der Waals surface area contributed by atoms with E-state index in [0.717, 1.165) is 17.3 Å². The van der Waals surface area contributed by atoms with Crippen molar-refractivity contribution >= 4 is 35.0 Å². The van der Waals surface area contributed by atoms with Crippen LogP contribution in [0.5, 0.6) is 11.5 Å². The average molecular weight is 420 g/mol. The molecule has 8 nitrogen and oxygen atoms in total. The highest BCUT2D eigenvalue weighted by Crippen LogP contribution is 2.29. The summed E-state index contributed by atoms with van der Waals surface area (Å²) in [6.07, 6.45) is 0. The van der Waals surface area contributed by atoms with Gasteiger partial charge >= 0.3 is 0 Å². The van der Waals surface area contributed by atoms with Gasteiger partial charge in [0.05, 0.1) is 25.7 Å². The van der Waals surface area contributed by atoms with Crippen LogP contribution >= 0.6 is 23.4 Å². The van der Waals surface area contributed by atoms with E-state index in [0.29, 0.717) is 33.2 Å². The second-order valence-corrected chi connectivity index (χ2v) is 6.97. The number of nitrogens with zero attached hydrogens (tertiary/aromatic N) is 3. The Hall–Kier alpha value is -2.91. The smallest absolute Gasteiger partial charge is 0.234 e. The number of hydrogen-bond donors (Lipinski definition) is 2. The van der Waals surface area contributed by atoms with Gasteiger partial charge in [-0.05, 0) is 24.3 Å². The van der Waals surface area contributed by atoms with Crippen molar-refractivity contribution in [2.75, 3.05) is 31.1 Å². The van der Waals surface area contributed by atoms with E-state index in [4.69, 9.17) is 26.9 Å². The number of hydrogen-bond acceptors (Lipinski definition) is 7. The molecular weight excluding hydrogens is 402 g/mol. The summed E-state index contributed by atoms with van der Waals surface area (Å²) in [5.41, 5.74) is 1.25. The molecule has 0 spiro atoms. The fraction of sp³-hybridized carbons (Fsp3) is 0.167. The second kappa shape index (κ2) is 8.85. The SMILES string of the molecule is COc1ccc(OC)c(NC(=O)CSc2nnc(-c3cccc(Cl)c3)n2N)c1. The molecule has 0 fully saturated rings. The normalized spacial score (nSPS) is 10.5. The van der Waals surface area contributed by atoms with Crippen LogP contribution in [0.2, 0.25) is 5.02 Å². The topological polar surface area (TPSA) is 104 Å². The predicted octanol–water partition coefficient (Wildman–Crippen LogP) is 3.06. The number of nitrogens with two attached hydrogens (primary N) is 1.